The van der Waals surface area contributed by atoms with Crippen molar-refractivity contribution in [1.29, 1.82) is 0 Å². The van der Waals surface area contributed by atoms with Gasteiger partial charge in [-0.3, -0.25) is 9.69 Å². The van der Waals surface area contributed by atoms with E-state index in [0.29, 0.717) is 15.8 Å². The lowest BCUT2D eigenvalue weighted by atomic mass is 10.1. The Kier molecular flexibility index (Phi) is 5.47. The Morgan fingerprint density at radius 3 is 2.31 bits per heavy atom. The van der Waals surface area contributed by atoms with Gasteiger partial charge in [-0.15, -0.1) is 0 Å². The highest BCUT2D eigenvalue weighted by Gasteiger charge is 2.30. The number of rotatable bonds is 3. The molecule has 0 radical (unpaired) electrons. The first-order valence-corrected chi connectivity index (χ1v) is 10.5. The Morgan fingerprint density at radius 2 is 1.77 bits per heavy atom. The smallest absolute Gasteiger partial charge is 0.266 e. The van der Waals surface area contributed by atoms with Gasteiger partial charge in [0.25, 0.3) is 5.91 Å². The molecule has 6 heteroatoms. The van der Waals surface area contributed by atoms with Crippen molar-refractivity contribution in [3.05, 3.63) is 55.7 Å². The predicted molar refractivity (Wildman–Crippen MR) is 118 cm³/mol. The summed E-state index contributed by atoms with van der Waals surface area (Å²) in [6, 6.07) is 6.48. The number of hydrogen-bond acceptors (Lipinski definition) is 3. The predicted octanol–water partition coefficient (Wildman–Crippen LogP) is 5.69. The number of halogens is 1. The molecule has 1 aliphatic heterocycles. The monoisotopic (exact) mass is 448 g/mol. The highest BCUT2D eigenvalue weighted by Crippen LogP contribution is 2.34. The maximum absolute atomic E-state index is 12.5. The van der Waals surface area contributed by atoms with E-state index >= 15 is 0 Å². The van der Waals surface area contributed by atoms with Crippen molar-refractivity contribution in [2.24, 2.45) is 0 Å². The number of carbonyl (C=O) groups excluding carboxylic acids is 1. The van der Waals surface area contributed by atoms with Crippen LogP contribution in [0.2, 0.25) is 0 Å². The Morgan fingerprint density at radius 1 is 1.15 bits per heavy atom. The summed E-state index contributed by atoms with van der Waals surface area (Å²) >= 11 is 10.3. The number of benzene rings is 1. The standard InChI is InChI=1S/C20H21BrN2OS2/c1-6-22-19(24)17(26-20(22)25)10-15-9-13(4)23(14(15)5)16-7-11(2)18(21)12(3)8-16/h7-10H,6H2,1-5H3/b17-10-. The molecule has 0 unspecified atom stereocenters. The minimum absolute atomic E-state index is 0.00244. The second-order valence-corrected chi connectivity index (χ2v) is 8.95. The number of thioether (sulfide) groups is 1. The summed E-state index contributed by atoms with van der Waals surface area (Å²) in [4.78, 5) is 14.8. The zero-order chi connectivity index (χ0) is 19.2. The number of carbonyl (C=O) groups is 1. The average molecular weight is 449 g/mol. The van der Waals surface area contributed by atoms with E-state index in [1.807, 2.05) is 13.0 Å². The first kappa shape index (κ1) is 19.4. The van der Waals surface area contributed by atoms with Gasteiger partial charge in [0.05, 0.1) is 4.91 Å². The minimum Gasteiger partial charge on any atom is -0.318 e. The van der Waals surface area contributed by atoms with E-state index in [1.165, 1.54) is 22.9 Å². The van der Waals surface area contributed by atoms with Crippen molar-refractivity contribution in [2.75, 3.05) is 6.54 Å². The van der Waals surface area contributed by atoms with E-state index in [0.717, 1.165) is 27.1 Å². The largest absolute Gasteiger partial charge is 0.318 e. The van der Waals surface area contributed by atoms with E-state index in [-0.39, 0.29) is 5.91 Å². The van der Waals surface area contributed by atoms with Crippen molar-refractivity contribution in [3.63, 3.8) is 0 Å². The van der Waals surface area contributed by atoms with E-state index in [2.05, 4.69) is 66.4 Å². The van der Waals surface area contributed by atoms with Gasteiger partial charge in [-0.2, -0.15) is 0 Å². The Labute approximate surface area is 172 Å². The first-order valence-electron chi connectivity index (χ1n) is 8.46. The zero-order valence-corrected chi connectivity index (χ0v) is 18.7. The molecule has 3 rings (SSSR count). The third kappa shape index (κ3) is 3.30. The maximum Gasteiger partial charge on any atom is 0.266 e. The van der Waals surface area contributed by atoms with E-state index in [4.69, 9.17) is 12.2 Å². The van der Waals surface area contributed by atoms with E-state index in [9.17, 15) is 4.79 Å². The van der Waals surface area contributed by atoms with Gasteiger partial charge in [0.1, 0.15) is 4.32 Å². The minimum atomic E-state index is 0.00244. The molecule has 136 valence electrons. The van der Waals surface area contributed by atoms with Gasteiger partial charge in [0, 0.05) is 28.1 Å². The lowest BCUT2D eigenvalue weighted by Crippen LogP contribution is -2.27. The van der Waals surface area contributed by atoms with Crippen molar-refractivity contribution in [1.82, 2.24) is 9.47 Å². The van der Waals surface area contributed by atoms with Crippen LogP contribution in [0.4, 0.5) is 0 Å². The zero-order valence-electron chi connectivity index (χ0n) is 15.5. The fourth-order valence-electron chi connectivity index (χ4n) is 3.30. The van der Waals surface area contributed by atoms with Gasteiger partial charge < -0.3 is 4.57 Å². The number of nitrogens with zero attached hydrogens (tertiary/aromatic N) is 2. The number of likely N-dealkylation sites (N-methyl/N-ethyl adjacent to an activating group) is 1. The SMILES string of the molecule is CCN1C(=O)/C(=C/c2cc(C)n(-c3cc(C)c(Br)c(C)c3)c2C)SC1=S. The molecule has 1 saturated heterocycles. The summed E-state index contributed by atoms with van der Waals surface area (Å²) in [5.74, 6) is 0.00244. The van der Waals surface area contributed by atoms with Gasteiger partial charge in [0.15, 0.2) is 0 Å². The Bertz CT molecular complexity index is 936. The maximum atomic E-state index is 12.5. The molecule has 0 spiro atoms. The van der Waals surface area contributed by atoms with Crippen molar-refractivity contribution in [2.45, 2.75) is 34.6 Å². The molecule has 1 aromatic carbocycles. The van der Waals surface area contributed by atoms with Crippen LogP contribution >= 0.6 is 39.9 Å². The van der Waals surface area contributed by atoms with Crippen LogP contribution in [0.25, 0.3) is 11.8 Å². The third-order valence-corrected chi connectivity index (χ3v) is 7.25. The van der Waals surface area contributed by atoms with Crippen LogP contribution in [0.1, 0.15) is 35.0 Å². The van der Waals surface area contributed by atoms with E-state index in [1.54, 1.807) is 4.90 Å². The van der Waals surface area contributed by atoms with Gasteiger partial charge in [0.2, 0.25) is 0 Å². The molecule has 2 aromatic rings. The molecule has 1 fully saturated rings. The van der Waals surface area contributed by atoms with Crippen LogP contribution in [0, 0.1) is 27.7 Å². The highest BCUT2D eigenvalue weighted by molar-refractivity contribution is 9.10. The van der Waals surface area contributed by atoms with Gasteiger partial charge in [-0.25, -0.2) is 0 Å². The Balaban J connectivity index is 2.06. The number of amides is 1. The molecule has 0 saturated carbocycles. The molecule has 0 bridgehead atoms. The molecule has 3 nitrogen and oxygen atoms in total. The van der Waals surface area contributed by atoms with Crippen LogP contribution in [0.15, 0.2) is 27.6 Å². The number of thiocarbonyl (C=S) groups is 1. The molecular formula is C20H21BrN2OS2. The molecule has 0 aliphatic carbocycles. The fourth-order valence-corrected chi connectivity index (χ4v) is 4.90. The van der Waals surface area contributed by atoms with Crippen LogP contribution in [0.3, 0.4) is 0 Å². The second-order valence-electron chi connectivity index (χ2n) is 6.48. The molecule has 0 N–H and O–H groups in total. The van der Waals surface area contributed by atoms with Crippen LogP contribution < -0.4 is 0 Å². The number of aryl methyl sites for hydroxylation is 3. The Hall–Kier alpha value is -1.37. The summed E-state index contributed by atoms with van der Waals surface area (Å²) in [5.41, 5.74) is 6.86. The lowest BCUT2D eigenvalue weighted by Gasteiger charge is -2.13. The number of aromatic nitrogens is 1. The molecule has 26 heavy (non-hydrogen) atoms. The third-order valence-electron chi connectivity index (χ3n) is 4.63. The summed E-state index contributed by atoms with van der Waals surface area (Å²) in [7, 11) is 0. The molecule has 1 aliphatic rings. The normalized spacial score (nSPS) is 16.2. The summed E-state index contributed by atoms with van der Waals surface area (Å²) in [5, 5.41) is 0. The van der Waals surface area contributed by atoms with Crippen LogP contribution in [-0.2, 0) is 4.79 Å². The summed E-state index contributed by atoms with van der Waals surface area (Å²) in [6.07, 6.45) is 1.96. The molecule has 0 atom stereocenters. The first-order chi connectivity index (χ1) is 12.2. The fraction of sp³-hybridized carbons (Fsp3) is 0.300. The van der Waals surface area contributed by atoms with E-state index < -0.39 is 0 Å². The van der Waals surface area contributed by atoms with Crippen LogP contribution in [0.5, 0.6) is 0 Å². The average Bonchev–Trinajstić information content (AvgIpc) is 3.00. The van der Waals surface area contributed by atoms with Gasteiger partial charge in [-0.05, 0) is 75.6 Å². The molecular weight excluding hydrogens is 428 g/mol. The number of hydrogen-bond donors (Lipinski definition) is 0. The lowest BCUT2D eigenvalue weighted by molar-refractivity contribution is -0.121. The summed E-state index contributed by atoms with van der Waals surface area (Å²) < 4.78 is 4.02. The van der Waals surface area contributed by atoms with Gasteiger partial charge in [-0.1, -0.05) is 39.9 Å². The van der Waals surface area contributed by atoms with Crippen LogP contribution in [-0.4, -0.2) is 26.2 Å². The second kappa shape index (κ2) is 7.33. The topological polar surface area (TPSA) is 25.2 Å². The molecule has 2 heterocycles. The van der Waals surface area contributed by atoms with Crippen molar-refractivity contribution >= 4 is 56.2 Å². The van der Waals surface area contributed by atoms with Crippen molar-refractivity contribution in [3.8, 4) is 5.69 Å². The quantitative estimate of drug-likeness (QED) is 0.444. The summed E-state index contributed by atoms with van der Waals surface area (Å²) in [6.45, 7) is 10.9. The molecule has 1 aromatic heterocycles. The van der Waals surface area contributed by atoms with Crippen molar-refractivity contribution < 1.29 is 4.79 Å². The molecule has 1 amide bonds. The highest BCUT2D eigenvalue weighted by atomic mass is 79.9. The van der Waals surface area contributed by atoms with Gasteiger partial charge >= 0.3 is 0 Å².